The maximum atomic E-state index is 13.6. The topological polar surface area (TPSA) is 119 Å². The number of hydrogen-bond acceptors (Lipinski definition) is 9. The molecule has 9 rings (SSSR count). The van der Waals surface area contributed by atoms with Crippen LogP contribution in [0.5, 0.6) is 0 Å². The smallest absolute Gasteiger partial charge is 0.328 e. The number of rotatable bonds is 6. The zero-order chi connectivity index (χ0) is 39.3. The highest BCUT2D eigenvalue weighted by molar-refractivity contribution is 6.32. The predicted octanol–water partition coefficient (Wildman–Crippen LogP) is 6.15. The van der Waals surface area contributed by atoms with Gasteiger partial charge in [-0.3, -0.25) is 24.7 Å². The van der Waals surface area contributed by atoms with Gasteiger partial charge in [0.25, 0.3) is 5.91 Å². The number of hydrogen-bond donors (Lipinski definition) is 1. The number of aromatic nitrogens is 1. The lowest BCUT2D eigenvalue weighted by Gasteiger charge is -2.56. The number of nitrogens with zero attached hydrogens (tertiary/aromatic N) is 8. The summed E-state index contributed by atoms with van der Waals surface area (Å²) in [6.45, 7) is 11.2. The molecule has 5 saturated heterocycles. The van der Waals surface area contributed by atoms with Crippen molar-refractivity contribution in [2.75, 3.05) is 85.0 Å². The van der Waals surface area contributed by atoms with Gasteiger partial charge in [0, 0.05) is 107 Å². The Kier molecular flexibility index (Phi) is 10.0. The maximum Gasteiger partial charge on any atom is 0.328 e. The molecular formula is C44H52ClN9O3. The molecule has 0 radical (unpaired) electrons. The average Bonchev–Trinajstić information content (AvgIpc) is 3.55. The first-order valence-corrected chi connectivity index (χ1v) is 21.1. The van der Waals surface area contributed by atoms with Gasteiger partial charge in [0.1, 0.15) is 11.9 Å². The second-order valence-electron chi connectivity index (χ2n) is 17.5. The SMILES string of the molecule is CC1CC2(CCN(c3ccc(C(=O)N4CCC5(CC4)CC(N4CCN(c6ccc(N7CCC(=O)NC7=O)cc6)CC4)C5)cn3)CC2)CN1c1ccc(C#N)c(Cl)c1. The number of nitriles is 1. The summed E-state index contributed by atoms with van der Waals surface area (Å²) in [6, 6.07) is 20.7. The van der Waals surface area contributed by atoms with Crippen LogP contribution in [0.1, 0.15) is 74.2 Å². The molecular weight excluding hydrogens is 738 g/mol. The highest BCUT2D eigenvalue weighted by Crippen LogP contribution is 2.51. The van der Waals surface area contributed by atoms with E-state index in [2.05, 4.69) is 50.0 Å². The number of anilines is 4. The molecule has 57 heavy (non-hydrogen) atoms. The first-order valence-electron chi connectivity index (χ1n) is 20.8. The molecule has 12 nitrogen and oxygen atoms in total. The van der Waals surface area contributed by atoms with E-state index < -0.39 is 0 Å². The molecule has 1 aromatic heterocycles. The van der Waals surface area contributed by atoms with E-state index in [1.807, 2.05) is 47.4 Å². The Bertz CT molecular complexity index is 2040. The molecule has 1 N–H and O–H groups in total. The van der Waals surface area contributed by atoms with Crippen molar-refractivity contribution in [3.63, 3.8) is 0 Å². The van der Waals surface area contributed by atoms with E-state index in [4.69, 9.17) is 16.6 Å². The molecule has 1 saturated carbocycles. The van der Waals surface area contributed by atoms with Crippen molar-refractivity contribution < 1.29 is 14.4 Å². The summed E-state index contributed by atoms with van der Waals surface area (Å²) in [4.78, 5) is 55.7. The number of nitrogens with one attached hydrogen (secondary N) is 1. The lowest BCUT2D eigenvalue weighted by atomic mass is 9.60. The largest absolute Gasteiger partial charge is 0.369 e. The molecule has 3 aromatic rings. The third kappa shape index (κ3) is 7.40. The first-order chi connectivity index (χ1) is 27.6. The standard InChI is InChI=1S/C44H52ClN9O3/c1-31-25-44(30-54(31)36-4-2-32(28-46)38(45)24-36)13-16-51(17-14-44)39-9-3-33(29-47-39)41(56)52-18-11-43(12-19-52)26-37(27-43)50-22-20-49(21-23-50)34-5-7-35(8-6-34)53-15-10-40(55)48-42(53)57/h2-9,24,29,31,37H,10-23,25-27,30H2,1H3,(H,48,55,57). The molecule has 1 atom stereocenters. The summed E-state index contributed by atoms with van der Waals surface area (Å²) in [6.07, 6.45) is 10.0. The Morgan fingerprint density at radius 1 is 0.807 bits per heavy atom. The number of amides is 4. The summed E-state index contributed by atoms with van der Waals surface area (Å²) in [7, 11) is 0. The minimum Gasteiger partial charge on any atom is -0.369 e. The summed E-state index contributed by atoms with van der Waals surface area (Å²) >= 11 is 6.38. The van der Waals surface area contributed by atoms with Gasteiger partial charge in [-0.05, 0) is 117 Å². The van der Waals surface area contributed by atoms with Crippen LogP contribution in [0.2, 0.25) is 5.02 Å². The van der Waals surface area contributed by atoms with Gasteiger partial charge in [0.05, 0.1) is 16.1 Å². The monoisotopic (exact) mass is 789 g/mol. The number of likely N-dealkylation sites (tertiary alicyclic amines) is 1. The highest BCUT2D eigenvalue weighted by Gasteiger charge is 2.49. The number of halogens is 1. The Balaban J connectivity index is 0.708. The number of carbonyl (C=O) groups is 3. The van der Waals surface area contributed by atoms with Crippen LogP contribution in [0.25, 0.3) is 0 Å². The Morgan fingerprint density at radius 2 is 1.49 bits per heavy atom. The van der Waals surface area contributed by atoms with Crippen LogP contribution in [0, 0.1) is 22.2 Å². The molecule has 0 bridgehead atoms. The number of pyridine rings is 1. The third-order valence-corrected chi connectivity index (χ3v) is 14.5. The fourth-order valence-corrected chi connectivity index (χ4v) is 10.9. The van der Waals surface area contributed by atoms with E-state index in [1.165, 1.54) is 18.5 Å². The second kappa shape index (κ2) is 15.1. The van der Waals surface area contributed by atoms with E-state index >= 15 is 0 Å². The zero-order valence-corrected chi connectivity index (χ0v) is 33.6. The molecule has 2 aromatic carbocycles. The van der Waals surface area contributed by atoms with Crippen LogP contribution in [0.3, 0.4) is 0 Å². The number of imide groups is 1. The molecule has 13 heteroatoms. The van der Waals surface area contributed by atoms with Crippen molar-refractivity contribution in [2.24, 2.45) is 10.8 Å². The van der Waals surface area contributed by atoms with Crippen LogP contribution in [-0.2, 0) is 4.79 Å². The first kappa shape index (κ1) is 37.7. The van der Waals surface area contributed by atoms with Gasteiger partial charge in [-0.25, -0.2) is 9.78 Å². The second-order valence-corrected chi connectivity index (χ2v) is 17.9. The van der Waals surface area contributed by atoms with Crippen molar-refractivity contribution in [3.8, 4) is 6.07 Å². The molecule has 1 unspecified atom stereocenters. The lowest BCUT2D eigenvalue weighted by molar-refractivity contribution is -0.120. The van der Waals surface area contributed by atoms with Crippen molar-refractivity contribution in [2.45, 2.75) is 70.4 Å². The van der Waals surface area contributed by atoms with E-state index in [1.54, 1.807) is 11.1 Å². The fourth-order valence-electron chi connectivity index (χ4n) is 10.7. The number of piperazine rings is 1. The quantitative estimate of drug-likeness (QED) is 0.314. The van der Waals surface area contributed by atoms with Crippen LogP contribution >= 0.6 is 11.6 Å². The minimum atomic E-state index is -0.352. The number of piperidine rings is 2. The predicted molar refractivity (Wildman–Crippen MR) is 222 cm³/mol. The molecule has 5 aliphatic heterocycles. The van der Waals surface area contributed by atoms with Crippen molar-refractivity contribution in [3.05, 3.63) is 76.9 Å². The minimum absolute atomic E-state index is 0.0961. The van der Waals surface area contributed by atoms with Gasteiger partial charge in [-0.1, -0.05) is 11.6 Å². The van der Waals surface area contributed by atoms with Crippen LogP contribution in [-0.4, -0.2) is 110 Å². The fraction of sp³-hybridized carbons (Fsp3) is 0.523. The van der Waals surface area contributed by atoms with Crippen LogP contribution < -0.4 is 24.9 Å². The van der Waals surface area contributed by atoms with Crippen molar-refractivity contribution in [1.82, 2.24) is 20.1 Å². The van der Waals surface area contributed by atoms with Gasteiger partial charge >= 0.3 is 6.03 Å². The summed E-state index contributed by atoms with van der Waals surface area (Å²) in [5.74, 6) is 0.824. The van der Waals surface area contributed by atoms with Gasteiger partial charge in [-0.15, -0.1) is 0 Å². The van der Waals surface area contributed by atoms with E-state index in [0.717, 1.165) is 108 Å². The summed E-state index contributed by atoms with van der Waals surface area (Å²) in [5, 5.41) is 12.2. The number of urea groups is 1. The molecule has 6 aliphatic rings. The van der Waals surface area contributed by atoms with Crippen molar-refractivity contribution in [1.29, 1.82) is 5.26 Å². The average molecular weight is 790 g/mol. The van der Waals surface area contributed by atoms with E-state index in [9.17, 15) is 19.6 Å². The van der Waals surface area contributed by atoms with Crippen molar-refractivity contribution >= 4 is 52.3 Å². The van der Waals surface area contributed by atoms with Gasteiger partial charge < -0.3 is 19.6 Å². The highest BCUT2D eigenvalue weighted by atomic mass is 35.5. The molecule has 298 valence electrons. The summed E-state index contributed by atoms with van der Waals surface area (Å²) < 4.78 is 0. The Hall–Kier alpha value is -4.86. The lowest BCUT2D eigenvalue weighted by Crippen LogP contribution is -2.59. The number of carbonyl (C=O) groups excluding carboxylic acids is 3. The maximum absolute atomic E-state index is 13.6. The van der Waals surface area contributed by atoms with Gasteiger partial charge in [0.2, 0.25) is 5.91 Å². The third-order valence-electron chi connectivity index (χ3n) is 14.2. The Labute approximate surface area is 340 Å². The van der Waals surface area contributed by atoms with E-state index in [0.29, 0.717) is 46.6 Å². The van der Waals surface area contributed by atoms with Gasteiger partial charge in [-0.2, -0.15) is 5.26 Å². The molecule has 1 aliphatic carbocycles. The van der Waals surface area contributed by atoms with E-state index in [-0.39, 0.29) is 23.3 Å². The molecule has 2 spiro atoms. The van der Waals surface area contributed by atoms with Crippen LogP contribution in [0.4, 0.5) is 27.7 Å². The van der Waals surface area contributed by atoms with Gasteiger partial charge in [0.15, 0.2) is 0 Å². The number of benzene rings is 2. The summed E-state index contributed by atoms with van der Waals surface area (Å²) in [5.41, 5.74) is 4.87. The molecule has 6 fully saturated rings. The molecule has 4 amide bonds. The molecule has 6 heterocycles. The van der Waals surface area contributed by atoms with Crippen LogP contribution in [0.15, 0.2) is 60.8 Å². The Morgan fingerprint density at radius 3 is 2.14 bits per heavy atom. The zero-order valence-electron chi connectivity index (χ0n) is 32.8. The normalized spacial score (nSPS) is 23.8.